The molecule has 0 atom stereocenters. The van der Waals surface area contributed by atoms with E-state index in [1.54, 1.807) is 7.11 Å². The third kappa shape index (κ3) is 3.40. The van der Waals surface area contributed by atoms with Crippen LogP contribution in [0.3, 0.4) is 0 Å². The molecular weight excluding hydrogens is 174 g/mol. The van der Waals surface area contributed by atoms with Gasteiger partial charge in [0.05, 0.1) is 7.11 Å². The van der Waals surface area contributed by atoms with Gasteiger partial charge in [-0.2, -0.15) is 0 Å². The van der Waals surface area contributed by atoms with Crippen LogP contribution in [0.1, 0.15) is 13.3 Å². The molecule has 0 amide bonds. The number of ether oxygens (including phenoxy) is 1. The zero-order chi connectivity index (χ0) is 10.2. The first kappa shape index (κ1) is 10.5. The predicted molar refractivity (Wildman–Crippen MR) is 59.6 cm³/mol. The Bertz CT molecular complexity index is 336. The van der Waals surface area contributed by atoms with Crippen molar-refractivity contribution in [2.24, 2.45) is 0 Å². The zero-order valence-corrected chi connectivity index (χ0v) is 8.63. The molecule has 2 heteroatoms. The molecule has 74 valence electrons. The lowest BCUT2D eigenvalue weighted by Gasteiger charge is -2.05. The maximum Gasteiger partial charge on any atom is 0.120 e. The molecule has 1 rings (SSSR count). The molecule has 0 spiro atoms. The lowest BCUT2D eigenvalue weighted by molar-refractivity contribution is 0.415. The molecule has 1 N–H and O–H groups in total. The lowest BCUT2D eigenvalue weighted by Crippen LogP contribution is -2.00. The van der Waals surface area contributed by atoms with Gasteiger partial charge in [0.15, 0.2) is 0 Å². The molecule has 0 unspecified atom stereocenters. The Morgan fingerprint density at radius 1 is 1.43 bits per heavy atom. The van der Waals surface area contributed by atoms with Crippen LogP contribution in [0.2, 0.25) is 0 Å². The van der Waals surface area contributed by atoms with E-state index in [0.717, 1.165) is 24.4 Å². The van der Waals surface area contributed by atoms with Gasteiger partial charge in [0, 0.05) is 24.7 Å². The van der Waals surface area contributed by atoms with Crippen molar-refractivity contribution in [2.75, 3.05) is 19.0 Å². The Balaban J connectivity index is 2.44. The molecule has 0 radical (unpaired) electrons. The van der Waals surface area contributed by atoms with Crippen LogP contribution in [0.4, 0.5) is 5.69 Å². The van der Waals surface area contributed by atoms with Gasteiger partial charge in [-0.1, -0.05) is 6.07 Å². The van der Waals surface area contributed by atoms with E-state index >= 15 is 0 Å². The normalized spacial score (nSPS) is 8.71. The highest BCUT2D eigenvalue weighted by Gasteiger charge is 1.93. The van der Waals surface area contributed by atoms with E-state index in [1.165, 1.54) is 0 Å². The van der Waals surface area contributed by atoms with Gasteiger partial charge in [-0.15, -0.1) is 11.8 Å². The molecule has 0 bridgehead atoms. The van der Waals surface area contributed by atoms with Gasteiger partial charge in [-0.05, 0) is 19.1 Å². The van der Waals surface area contributed by atoms with E-state index in [1.807, 2.05) is 31.2 Å². The third-order valence-electron chi connectivity index (χ3n) is 1.83. The van der Waals surface area contributed by atoms with Gasteiger partial charge in [-0.25, -0.2) is 0 Å². The smallest absolute Gasteiger partial charge is 0.120 e. The molecule has 14 heavy (non-hydrogen) atoms. The molecule has 1 aromatic carbocycles. The molecule has 0 saturated carbocycles. The Hall–Kier alpha value is -1.62. The van der Waals surface area contributed by atoms with Crippen LogP contribution in [-0.4, -0.2) is 13.7 Å². The molecule has 0 fully saturated rings. The molecular formula is C12H15NO. The summed E-state index contributed by atoms with van der Waals surface area (Å²) < 4.78 is 5.11. The minimum absolute atomic E-state index is 0.869. The molecule has 2 nitrogen and oxygen atoms in total. The highest BCUT2D eigenvalue weighted by atomic mass is 16.5. The maximum atomic E-state index is 5.11. The summed E-state index contributed by atoms with van der Waals surface area (Å²) in [4.78, 5) is 0. The van der Waals surface area contributed by atoms with Gasteiger partial charge in [-0.3, -0.25) is 0 Å². The highest BCUT2D eigenvalue weighted by Crippen LogP contribution is 2.16. The van der Waals surface area contributed by atoms with Crippen molar-refractivity contribution >= 4 is 5.69 Å². The fourth-order valence-electron chi connectivity index (χ4n) is 1.13. The van der Waals surface area contributed by atoms with Crippen LogP contribution < -0.4 is 10.1 Å². The quantitative estimate of drug-likeness (QED) is 0.580. The van der Waals surface area contributed by atoms with E-state index in [-0.39, 0.29) is 0 Å². The van der Waals surface area contributed by atoms with Crippen LogP contribution in [0.15, 0.2) is 24.3 Å². The van der Waals surface area contributed by atoms with Crippen molar-refractivity contribution in [3.63, 3.8) is 0 Å². The van der Waals surface area contributed by atoms with Gasteiger partial charge in [0.2, 0.25) is 0 Å². The van der Waals surface area contributed by atoms with Crippen LogP contribution in [0.25, 0.3) is 0 Å². The number of rotatable bonds is 4. The topological polar surface area (TPSA) is 21.3 Å². The van der Waals surface area contributed by atoms with Gasteiger partial charge < -0.3 is 10.1 Å². The minimum Gasteiger partial charge on any atom is -0.497 e. The summed E-state index contributed by atoms with van der Waals surface area (Å²) in [6.45, 7) is 2.72. The van der Waals surface area contributed by atoms with E-state index < -0.39 is 0 Å². The summed E-state index contributed by atoms with van der Waals surface area (Å²) in [5.74, 6) is 6.74. The maximum absolute atomic E-state index is 5.11. The van der Waals surface area contributed by atoms with Crippen LogP contribution >= 0.6 is 0 Å². The highest BCUT2D eigenvalue weighted by molar-refractivity contribution is 5.48. The number of anilines is 1. The Morgan fingerprint density at radius 3 is 3.00 bits per heavy atom. The molecule has 0 aliphatic rings. The summed E-state index contributed by atoms with van der Waals surface area (Å²) in [7, 11) is 1.67. The zero-order valence-electron chi connectivity index (χ0n) is 8.63. The van der Waals surface area contributed by atoms with E-state index in [4.69, 9.17) is 4.74 Å². The second-order valence-corrected chi connectivity index (χ2v) is 2.84. The molecule has 0 aliphatic heterocycles. The number of methoxy groups -OCH3 is 1. The summed E-state index contributed by atoms with van der Waals surface area (Å²) in [6.07, 6.45) is 0.869. The fourth-order valence-corrected chi connectivity index (χ4v) is 1.13. The SMILES string of the molecule is CC#CCCNc1cccc(OC)c1. The number of hydrogen-bond donors (Lipinski definition) is 1. The lowest BCUT2D eigenvalue weighted by atomic mass is 10.3. The first-order chi connectivity index (χ1) is 6.86. The monoisotopic (exact) mass is 189 g/mol. The van der Waals surface area contributed by atoms with Crippen molar-refractivity contribution in [1.82, 2.24) is 0 Å². The van der Waals surface area contributed by atoms with Gasteiger partial charge in [0.25, 0.3) is 0 Å². The Labute approximate surface area is 85.3 Å². The summed E-state index contributed by atoms with van der Waals surface area (Å²) in [5.41, 5.74) is 1.07. The Morgan fingerprint density at radius 2 is 2.29 bits per heavy atom. The fraction of sp³-hybridized carbons (Fsp3) is 0.333. The minimum atomic E-state index is 0.869. The number of hydrogen-bond acceptors (Lipinski definition) is 2. The van der Waals surface area contributed by atoms with Crippen LogP contribution in [0, 0.1) is 11.8 Å². The number of benzene rings is 1. The standard InChI is InChI=1S/C12H15NO/c1-3-4-5-9-13-11-7-6-8-12(10-11)14-2/h6-8,10,13H,5,9H2,1-2H3. The predicted octanol–water partition coefficient (Wildman–Crippen LogP) is 2.52. The summed E-state index contributed by atoms with van der Waals surface area (Å²) in [5, 5.41) is 3.27. The molecule has 0 heterocycles. The number of nitrogens with one attached hydrogen (secondary N) is 1. The van der Waals surface area contributed by atoms with Crippen molar-refractivity contribution in [3.05, 3.63) is 24.3 Å². The van der Waals surface area contributed by atoms with Crippen molar-refractivity contribution in [2.45, 2.75) is 13.3 Å². The molecule has 0 aromatic heterocycles. The van der Waals surface area contributed by atoms with E-state index in [0.29, 0.717) is 0 Å². The largest absolute Gasteiger partial charge is 0.497 e. The van der Waals surface area contributed by atoms with Gasteiger partial charge >= 0.3 is 0 Å². The average molecular weight is 189 g/mol. The van der Waals surface area contributed by atoms with E-state index in [2.05, 4.69) is 17.2 Å². The molecule has 0 aliphatic carbocycles. The van der Waals surface area contributed by atoms with E-state index in [9.17, 15) is 0 Å². The van der Waals surface area contributed by atoms with Crippen LogP contribution in [0.5, 0.6) is 5.75 Å². The average Bonchev–Trinajstić information content (AvgIpc) is 2.25. The third-order valence-corrected chi connectivity index (χ3v) is 1.83. The summed E-state index contributed by atoms with van der Waals surface area (Å²) in [6, 6.07) is 7.88. The Kier molecular flexibility index (Phi) is 4.43. The van der Waals surface area contributed by atoms with Crippen molar-refractivity contribution in [1.29, 1.82) is 0 Å². The van der Waals surface area contributed by atoms with Crippen molar-refractivity contribution < 1.29 is 4.74 Å². The summed E-state index contributed by atoms with van der Waals surface area (Å²) >= 11 is 0. The second kappa shape index (κ2) is 5.93. The van der Waals surface area contributed by atoms with Crippen molar-refractivity contribution in [3.8, 4) is 17.6 Å². The van der Waals surface area contributed by atoms with Crippen LogP contribution in [-0.2, 0) is 0 Å². The second-order valence-electron chi connectivity index (χ2n) is 2.84. The molecule has 0 saturated heterocycles. The first-order valence-corrected chi connectivity index (χ1v) is 4.64. The molecule has 1 aromatic rings. The van der Waals surface area contributed by atoms with Gasteiger partial charge in [0.1, 0.15) is 5.75 Å². The first-order valence-electron chi connectivity index (χ1n) is 4.64.